The second-order valence-electron chi connectivity index (χ2n) is 13.3. The van der Waals surface area contributed by atoms with Gasteiger partial charge in [0.25, 0.3) is 0 Å². The predicted molar refractivity (Wildman–Crippen MR) is 214 cm³/mol. The summed E-state index contributed by atoms with van der Waals surface area (Å²) in [6, 6.07) is 48.5. The average molecular weight is 747 g/mol. The number of rotatable bonds is 12. The van der Waals surface area contributed by atoms with Crippen molar-refractivity contribution in [2.75, 3.05) is 18.7 Å². The molecule has 0 spiro atoms. The van der Waals surface area contributed by atoms with Gasteiger partial charge in [-0.25, -0.2) is 17.8 Å². The van der Waals surface area contributed by atoms with E-state index in [0.717, 1.165) is 22.3 Å². The molecule has 0 bridgehead atoms. The molecule has 274 valence electrons. The maximum atomic E-state index is 17.0. The fourth-order valence-electron chi connectivity index (χ4n) is 7.28. The highest BCUT2D eigenvalue weighted by Crippen LogP contribution is 2.45. The van der Waals surface area contributed by atoms with Crippen LogP contribution >= 0.6 is 0 Å². The maximum Gasteiger partial charge on any atom is 0.176 e. The first-order valence-corrected chi connectivity index (χ1v) is 19.8. The minimum absolute atomic E-state index is 0.0853. The molecular weight excluding hydrogens is 708 g/mol. The van der Waals surface area contributed by atoms with Gasteiger partial charge < -0.3 is 14.6 Å². The standard InChI is InChI=1S/C46H39FN4O3S/c1-4-32-28-39(43(47)41(29-32)54-2)44(49-37-26-24-33(30-48)25-27-37)45-50-40(38-22-14-15-23-42(38)55(3,52)53)31-51(45)46(34-16-8-5-9-17-34,35-18-10-6-11-19-35)36-20-12-7-13-21-36/h5-29,31,44,49H,4H2,1-3H3. The summed E-state index contributed by atoms with van der Waals surface area (Å²) < 4.78 is 51.2. The van der Waals surface area contributed by atoms with Crippen LogP contribution in [0.1, 0.15) is 52.2 Å². The Bertz CT molecular complexity index is 2490. The van der Waals surface area contributed by atoms with E-state index in [1.54, 1.807) is 54.6 Å². The number of imidazole rings is 1. The van der Waals surface area contributed by atoms with Crippen molar-refractivity contribution in [1.29, 1.82) is 5.26 Å². The van der Waals surface area contributed by atoms with Gasteiger partial charge in [-0.3, -0.25) is 0 Å². The zero-order valence-corrected chi connectivity index (χ0v) is 31.5. The van der Waals surface area contributed by atoms with E-state index in [0.29, 0.717) is 34.8 Å². The molecule has 7 aromatic rings. The highest BCUT2D eigenvalue weighted by Gasteiger charge is 2.42. The summed E-state index contributed by atoms with van der Waals surface area (Å²) >= 11 is 0. The van der Waals surface area contributed by atoms with E-state index in [9.17, 15) is 13.7 Å². The molecule has 0 saturated carbocycles. The van der Waals surface area contributed by atoms with Crippen molar-refractivity contribution in [3.05, 3.63) is 203 Å². The zero-order valence-electron chi connectivity index (χ0n) is 30.6. The molecule has 7 rings (SSSR count). The third kappa shape index (κ3) is 7.00. The summed E-state index contributed by atoms with van der Waals surface area (Å²) in [6.07, 6.45) is 3.66. The molecule has 0 fully saturated rings. The quantitative estimate of drug-likeness (QED) is 0.125. The number of aromatic nitrogens is 2. The summed E-state index contributed by atoms with van der Waals surface area (Å²) in [7, 11) is -2.26. The highest BCUT2D eigenvalue weighted by atomic mass is 32.2. The number of benzene rings is 6. The molecule has 0 radical (unpaired) electrons. The lowest BCUT2D eigenvalue weighted by atomic mass is 9.76. The van der Waals surface area contributed by atoms with Gasteiger partial charge in [0.2, 0.25) is 0 Å². The Balaban J connectivity index is 1.66. The lowest BCUT2D eigenvalue weighted by Gasteiger charge is -2.39. The van der Waals surface area contributed by atoms with Crippen LogP contribution in [0, 0.1) is 17.1 Å². The number of methoxy groups -OCH3 is 1. The van der Waals surface area contributed by atoms with Crippen molar-refractivity contribution in [2.24, 2.45) is 0 Å². The topological polar surface area (TPSA) is 97.0 Å². The van der Waals surface area contributed by atoms with Crippen molar-refractivity contribution in [1.82, 2.24) is 9.55 Å². The van der Waals surface area contributed by atoms with Crippen LogP contribution in [-0.4, -0.2) is 31.3 Å². The summed E-state index contributed by atoms with van der Waals surface area (Å²) in [6.45, 7) is 1.99. The minimum atomic E-state index is -3.70. The monoisotopic (exact) mass is 746 g/mol. The smallest absolute Gasteiger partial charge is 0.176 e. The van der Waals surface area contributed by atoms with Crippen LogP contribution in [0.3, 0.4) is 0 Å². The molecule has 0 aliphatic rings. The SMILES string of the molecule is CCc1cc(OC)c(F)c(C(Nc2ccc(C#N)cc2)c2nc(-c3ccccc3S(C)(=O)=O)cn2C(c2ccccc2)(c2ccccc2)c2ccccc2)c1. The molecule has 0 saturated heterocycles. The zero-order chi connectivity index (χ0) is 38.6. The van der Waals surface area contributed by atoms with Gasteiger partial charge in [0.15, 0.2) is 21.4 Å². The molecule has 0 aliphatic carbocycles. The number of nitrogens with zero attached hydrogens (tertiary/aromatic N) is 3. The van der Waals surface area contributed by atoms with Crippen LogP contribution in [0.15, 0.2) is 163 Å². The molecule has 0 amide bonds. The Morgan fingerprint density at radius 1 is 0.818 bits per heavy atom. The fourth-order valence-corrected chi connectivity index (χ4v) is 8.18. The van der Waals surface area contributed by atoms with Crippen molar-refractivity contribution in [3.8, 4) is 23.1 Å². The number of anilines is 1. The van der Waals surface area contributed by atoms with Crippen LogP contribution in [-0.2, 0) is 21.8 Å². The van der Waals surface area contributed by atoms with Crippen LogP contribution < -0.4 is 10.1 Å². The van der Waals surface area contributed by atoms with Gasteiger partial charge in [-0.1, -0.05) is 122 Å². The van der Waals surface area contributed by atoms with Gasteiger partial charge >= 0.3 is 0 Å². The molecule has 1 unspecified atom stereocenters. The first-order valence-electron chi connectivity index (χ1n) is 17.9. The van der Waals surface area contributed by atoms with Gasteiger partial charge in [-0.2, -0.15) is 5.26 Å². The minimum Gasteiger partial charge on any atom is -0.494 e. The van der Waals surface area contributed by atoms with Gasteiger partial charge in [0, 0.05) is 29.3 Å². The number of nitriles is 1. The molecule has 9 heteroatoms. The van der Waals surface area contributed by atoms with Crippen LogP contribution in [0.25, 0.3) is 11.3 Å². The third-order valence-electron chi connectivity index (χ3n) is 9.88. The maximum absolute atomic E-state index is 17.0. The summed E-state index contributed by atoms with van der Waals surface area (Å²) in [5.41, 5.74) is 4.57. The van der Waals surface area contributed by atoms with Gasteiger partial charge in [0.05, 0.1) is 29.3 Å². The van der Waals surface area contributed by atoms with E-state index in [1.807, 2.05) is 78.4 Å². The lowest BCUT2D eigenvalue weighted by molar-refractivity contribution is 0.382. The van der Waals surface area contributed by atoms with E-state index >= 15 is 4.39 Å². The second-order valence-corrected chi connectivity index (χ2v) is 15.2. The van der Waals surface area contributed by atoms with E-state index in [4.69, 9.17) is 9.72 Å². The Morgan fingerprint density at radius 3 is 1.87 bits per heavy atom. The Hall–Kier alpha value is -6.50. The first kappa shape index (κ1) is 36.8. The Labute approximate surface area is 321 Å². The molecule has 1 atom stereocenters. The van der Waals surface area contributed by atoms with E-state index in [-0.39, 0.29) is 16.2 Å². The van der Waals surface area contributed by atoms with Crippen LogP contribution in [0.5, 0.6) is 5.75 Å². The second kappa shape index (κ2) is 15.5. The summed E-state index contributed by atoms with van der Waals surface area (Å²) in [4.78, 5) is 5.45. The highest BCUT2D eigenvalue weighted by molar-refractivity contribution is 7.90. The average Bonchev–Trinajstić information content (AvgIpc) is 3.67. The lowest BCUT2D eigenvalue weighted by Crippen LogP contribution is -2.39. The van der Waals surface area contributed by atoms with E-state index in [2.05, 4.69) is 47.8 Å². The summed E-state index contributed by atoms with van der Waals surface area (Å²) in [5, 5.41) is 13.1. The summed E-state index contributed by atoms with van der Waals surface area (Å²) in [5.74, 6) is -0.0844. The van der Waals surface area contributed by atoms with Crippen LogP contribution in [0.4, 0.5) is 10.1 Å². The molecule has 1 heterocycles. The van der Waals surface area contributed by atoms with E-state index < -0.39 is 27.2 Å². The largest absolute Gasteiger partial charge is 0.494 e. The van der Waals surface area contributed by atoms with Crippen molar-refractivity contribution in [3.63, 3.8) is 0 Å². The molecular formula is C46H39FN4O3S. The number of halogens is 1. The molecule has 0 aliphatic heterocycles. The molecule has 1 N–H and O–H groups in total. The predicted octanol–water partition coefficient (Wildman–Crippen LogP) is 9.58. The number of nitrogens with one attached hydrogen (secondary N) is 1. The first-order chi connectivity index (χ1) is 26.7. The molecule has 55 heavy (non-hydrogen) atoms. The number of ether oxygens (including phenoxy) is 1. The fraction of sp³-hybridized carbons (Fsp3) is 0.130. The number of aryl methyl sites for hydroxylation is 1. The van der Waals surface area contributed by atoms with Gasteiger partial charge in [0.1, 0.15) is 17.4 Å². The number of sulfone groups is 1. The number of hydrogen-bond acceptors (Lipinski definition) is 6. The van der Waals surface area contributed by atoms with Crippen LogP contribution in [0.2, 0.25) is 0 Å². The van der Waals surface area contributed by atoms with E-state index in [1.165, 1.54) is 13.4 Å². The normalized spacial score (nSPS) is 12.1. The van der Waals surface area contributed by atoms with Gasteiger partial charge in [-0.15, -0.1) is 0 Å². The van der Waals surface area contributed by atoms with Crippen molar-refractivity contribution in [2.45, 2.75) is 29.8 Å². The molecule has 1 aromatic heterocycles. The van der Waals surface area contributed by atoms with Gasteiger partial charge in [-0.05, 0) is 65.1 Å². The third-order valence-corrected chi connectivity index (χ3v) is 11.0. The van der Waals surface area contributed by atoms with Crippen molar-refractivity contribution < 1.29 is 17.5 Å². The number of hydrogen-bond donors (Lipinski definition) is 1. The Morgan fingerprint density at radius 2 is 1.36 bits per heavy atom. The molecule has 7 nitrogen and oxygen atoms in total. The molecule has 6 aromatic carbocycles. The van der Waals surface area contributed by atoms with Crippen molar-refractivity contribution >= 4 is 15.5 Å². The Kier molecular flexibility index (Phi) is 10.4.